The predicted molar refractivity (Wildman–Crippen MR) is 193 cm³/mol. The highest BCUT2D eigenvalue weighted by atomic mass is 16.4. The second-order valence-electron chi connectivity index (χ2n) is 13.5. The number of phenols is 1. The van der Waals surface area contributed by atoms with Crippen molar-refractivity contribution in [1.82, 2.24) is 20.4 Å². The molecule has 3 atom stereocenters. The van der Waals surface area contributed by atoms with E-state index in [-0.39, 0.29) is 24.0 Å². The first-order valence-corrected chi connectivity index (χ1v) is 18.7. The van der Waals surface area contributed by atoms with Gasteiger partial charge >= 0.3 is 5.97 Å². The van der Waals surface area contributed by atoms with Gasteiger partial charge in [-0.2, -0.15) is 0 Å². The minimum Gasteiger partial charge on any atom is -0.508 e. The standard InChI is InChI=1S/C39H58N4O7/c1-2-3-4-5-6-7-8-9-10-11-12-13-14-15-16-21-36(46)42-26-18-20-34(42)38(48)43-27-17-19-33(43)37(47)40-29-35(45)41-32(39(49)50)28-30-22-24-31(44)25-23-30/h6-7,9-10,22-25,32-34,44H,2-5,8,11-21,26-29H2,1H3,(H,40,47)(H,41,45)(H,49,50)/b7-6-,10-9-/t32-,33-,34-/m0/s1. The molecule has 3 rings (SSSR count). The van der Waals surface area contributed by atoms with Crippen LogP contribution in [0.5, 0.6) is 5.75 Å². The second-order valence-corrected chi connectivity index (χ2v) is 13.5. The minimum absolute atomic E-state index is 0.00634. The van der Waals surface area contributed by atoms with Crippen molar-refractivity contribution >= 4 is 29.6 Å². The van der Waals surface area contributed by atoms with E-state index in [4.69, 9.17) is 0 Å². The van der Waals surface area contributed by atoms with Crippen molar-refractivity contribution < 1.29 is 34.2 Å². The third-order valence-electron chi connectivity index (χ3n) is 9.47. The van der Waals surface area contributed by atoms with E-state index < -0.39 is 42.5 Å². The third kappa shape index (κ3) is 14.0. The zero-order chi connectivity index (χ0) is 36.1. The Morgan fingerprint density at radius 2 is 1.44 bits per heavy atom. The molecule has 0 aromatic heterocycles. The first-order valence-electron chi connectivity index (χ1n) is 18.7. The molecule has 2 aliphatic rings. The molecular formula is C39H58N4O7. The second kappa shape index (κ2) is 22.5. The van der Waals surface area contributed by atoms with E-state index in [9.17, 15) is 34.2 Å². The van der Waals surface area contributed by atoms with E-state index >= 15 is 0 Å². The summed E-state index contributed by atoms with van der Waals surface area (Å²) in [5.74, 6) is -2.55. The number of rotatable bonds is 22. The molecule has 0 radical (unpaired) electrons. The van der Waals surface area contributed by atoms with Crippen LogP contribution in [0.25, 0.3) is 0 Å². The lowest BCUT2D eigenvalue weighted by Crippen LogP contribution is -2.54. The highest BCUT2D eigenvalue weighted by molar-refractivity contribution is 5.94. The van der Waals surface area contributed by atoms with Gasteiger partial charge in [-0.3, -0.25) is 19.2 Å². The predicted octanol–water partition coefficient (Wildman–Crippen LogP) is 5.42. The number of carboxylic acids is 1. The van der Waals surface area contributed by atoms with Gasteiger partial charge in [-0.25, -0.2) is 4.79 Å². The molecule has 2 saturated heterocycles. The lowest BCUT2D eigenvalue weighted by atomic mass is 10.1. The molecule has 0 saturated carbocycles. The number of unbranched alkanes of at least 4 members (excludes halogenated alkanes) is 8. The van der Waals surface area contributed by atoms with Crippen molar-refractivity contribution in [2.45, 2.75) is 134 Å². The molecule has 4 N–H and O–H groups in total. The fraction of sp³-hybridized carbons (Fsp3) is 0.615. The summed E-state index contributed by atoms with van der Waals surface area (Å²) in [7, 11) is 0. The molecule has 2 heterocycles. The van der Waals surface area contributed by atoms with E-state index in [1.165, 1.54) is 42.7 Å². The first-order chi connectivity index (χ1) is 24.2. The largest absolute Gasteiger partial charge is 0.508 e. The molecule has 0 bridgehead atoms. The number of nitrogens with one attached hydrogen (secondary N) is 2. The quantitative estimate of drug-likeness (QED) is 0.0934. The van der Waals surface area contributed by atoms with E-state index in [0.29, 0.717) is 44.3 Å². The number of hydrogen-bond donors (Lipinski definition) is 4. The van der Waals surface area contributed by atoms with Crippen molar-refractivity contribution in [3.05, 3.63) is 54.1 Å². The van der Waals surface area contributed by atoms with Crippen molar-refractivity contribution in [2.24, 2.45) is 0 Å². The average Bonchev–Trinajstić information content (AvgIpc) is 3.80. The van der Waals surface area contributed by atoms with E-state index in [2.05, 4.69) is 41.9 Å². The maximum absolute atomic E-state index is 13.6. The zero-order valence-corrected chi connectivity index (χ0v) is 29.8. The Morgan fingerprint density at radius 3 is 2.12 bits per heavy atom. The highest BCUT2D eigenvalue weighted by Gasteiger charge is 2.42. The van der Waals surface area contributed by atoms with Crippen LogP contribution in [-0.2, 0) is 30.4 Å². The van der Waals surface area contributed by atoms with E-state index in [1.54, 1.807) is 17.0 Å². The van der Waals surface area contributed by atoms with Gasteiger partial charge < -0.3 is 30.6 Å². The van der Waals surface area contributed by atoms with Gasteiger partial charge in [0.15, 0.2) is 0 Å². The molecule has 0 spiro atoms. The number of carboxylic acid groups (broad SMARTS) is 1. The fourth-order valence-electron chi connectivity index (χ4n) is 6.65. The summed E-state index contributed by atoms with van der Waals surface area (Å²) in [6, 6.07) is 3.47. The lowest BCUT2D eigenvalue weighted by Gasteiger charge is -2.31. The highest BCUT2D eigenvalue weighted by Crippen LogP contribution is 2.26. The van der Waals surface area contributed by atoms with Gasteiger partial charge in [0.25, 0.3) is 0 Å². The lowest BCUT2D eigenvalue weighted by molar-refractivity contribution is -0.146. The summed E-state index contributed by atoms with van der Waals surface area (Å²) in [5.41, 5.74) is 0.616. The topological polar surface area (TPSA) is 156 Å². The fourth-order valence-corrected chi connectivity index (χ4v) is 6.65. The van der Waals surface area contributed by atoms with Gasteiger partial charge in [0, 0.05) is 25.9 Å². The Bertz CT molecular complexity index is 1300. The molecule has 0 unspecified atom stereocenters. The number of hydrogen-bond acceptors (Lipinski definition) is 6. The van der Waals surface area contributed by atoms with Crippen LogP contribution in [-0.4, -0.2) is 87.4 Å². The van der Waals surface area contributed by atoms with Crippen LogP contribution in [0.3, 0.4) is 0 Å². The molecule has 1 aromatic carbocycles. The van der Waals surface area contributed by atoms with Crippen molar-refractivity contribution in [2.75, 3.05) is 19.6 Å². The number of benzene rings is 1. The van der Waals surface area contributed by atoms with Gasteiger partial charge in [-0.1, -0.05) is 75.5 Å². The van der Waals surface area contributed by atoms with Crippen molar-refractivity contribution in [1.29, 1.82) is 0 Å². The smallest absolute Gasteiger partial charge is 0.326 e. The van der Waals surface area contributed by atoms with Gasteiger partial charge in [-0.15, -0.1) is 0 Å². The Balaban J connectivity index is 1.35. The number of phenolic OH excluding ortho intramolecular Hbond substituents is 1. The Labute approximate surface area is 297 Å². The normalized spacial score (nSPS) is 18.2. The van der Waals surface area contributed by atoms with Crippen LogP contribution >= 0.6 is 0 Å². The molecule has 276 valence electrons. The molecule has 11 nitrogen and oxygen atoms in total. The SMILES string of the molecule is CCCCC/C=C\C/C=C\CCCCCCCC(=O)N1CCC[C@H]1C(=O)N1CCC[C@H]1C(=O)NCC(=O)N[C@@H](Cc1ccc(O)cc1)C(=O)O. The van der Waals surface area contributed by atoms with Gasteiger partial charge in [-0.05, 0) is 81.9 Å². The molecule has 2 aliphatic heterocycles. The molecule has 0 aliphatic carbocycles. The number of carbonyl (C=O) groups excluding carboxylic acids is 4. The van der Waals surface area contributed by atoms with Crippen LogP contribution in [0.1, 0.15) is 115 Å². The number of nitrogens with zero attached hydrogens (tertiary/aromatic N) is 2. The van der Waals surface area contributed by atoms with Gasteiger partial charge in [0.1, 0.15) is 23.9 Å². The van der Waals surface area contributed by atoms with Crippen LogP contribution in [0.4, 0.5) is 0 Å². The monoisotopic (exact) mass is 694 g/mol. The van der Waals surface area contributed by atoms with Crippen LogP contribution < -0.4 is 10.6 Å². The number of likely N-dealkylation sites (tertiary alicyclic amines) is 2. The minimum atomic E-state index is -1.23. The Kier molecular flexibility index (Phi) is 18.2. The van der Waals surface area contributed by atoms with Crippen LogP contribution in [0.2, 0.25) is 0 Å². The number of aromatic hydroxyl groups is 1. The van der Waals surface area contributed by atoms with E-state index in [0.717, 1.165) is 51.4 Å². The number of aliphatic carboxylic acids is 1. The molecule has 1 aromatic rings. The maximum Gasteiger partial charge on any atom is 0.326 e. The number of amides is 4. The first kappa shape index (κ1) is 40.3. The van der Waals surface area contributed by atoms with Gasteiger partial charge in [0.05, 0.1) is 6.54 Å². The Hall–Kier alpha value is -4.15. The molecule has 11 heteroatoms. The Morgan fingerprint density at radius 1 is 0.820 bits per heavy atom. The molecular weight excluding hydrogens is 636 g/mol. The van der Waals surface area contributed by atoms with Crippen molar-refractivity contribution in [3.8, 4) is 5.75 Å². The zero-order valence-electron chi connectivity index (χ0n) is 29.8. The third-order valence-corrected chi connectivity index (χ3v) is 9.47. The summed E-state index contributed by atoms with van der Waals surface area (Å²) >= 11 is 0. The van der Waals surface area contributed by atoms with Crippen molar-refractivity contribution in [3.63, 3.8) is 0 Å². The summed E-state index contributed by atoms with van der Waals surface area (Å²) in [6.07, 6.45) is 24.0. The molecule has 2 fully saturated rings. The van der Waals surface area contributed by atoms with Crippen LogP contribution in [0.15, 0.2) is 48.6 Å². The number of carbonyl (C=O) groups is 5. The average molecular weight is 695 g/mol. The van der Waals surface area contributed by atoms with Crippen LogP contribution in [0, 0.1) is 0 Å². The van der Waals surface area contributed by atoms with E-state index in [1.807, 2.05) is 0 Å². The number of allylic oxidation sites excluding steroid dienone is 4. The molecule has 50 heavy (non-hydrogen) atoms. The van der Waals surface area contributed by atoms with Gasteiger partial charge in [0.2, 0.25) is 23.6 Å². The summed E-state index contributed by atoms with van der Waals surface area (Å²) < 4.78 is 0. The molecule has 4 amide bonds. The summed E-state index contributed by atoms with van der Waals surface area (Å²) in [4.78, 5) is 67.4. The maximum atomic E-state index is 13.6. The summed E-state index contributed by atoms with van der Waals surface area (Å²) in [6.45, 7) is 2.73. The summed E-state index contributed by atoms with van der Waals surface area (Å²) in [5, 5.41) is 24.0.